The lowest BCUT2D eigenvalue weighted by Crippen LogP contribution is -2.53. The van der Waals surface area contributed by atoms with Gasteiger partial charge >= 0.3 is 11.4 Å². The predicted molar refractivity (Wildman–Crippen MR) is 97.8 cm³/mol. The zero-order valence-corrected chi connectivity index (χ0v) is 16.2. The van der Waals surface area contributed by atoms with E-state index in [1.807, 2.05) is 19.9 Å². The van der Waals surface area contributed by atoms with Crippen LogP contribution in [0.1, 0.15) is 72.3 Å². The second-order valence-electron chi connectivity index (χ2n) is 6.58. The monoisotopic (exact) mass is 352 g/mol. The van der Waals surface area contributed by atoms with Crippen LogP contribution in [0.15, 0.2) is 9.59 Å². The molecule has 134 valence electrons. The molecule has 0 aliphatic rings. The van der Waals surface area contributed by atoms with Crippen molar-refractivity contribution in [3.8, 4) is 6.07 Å². The molecule has 6 nitrogen and oxygen atoms in total. The van der Waals surface area contributed by atoms with Crippen LogP contribution < -0.4 is 11.4 Å². The van der Waals surface area contributed by atoms with Gasteiger partial charge in [-0.15, -0.1) is 0 Å². The van der Waals surface area contributed by atoms with Gasteiger partial charge in [0.2, 0.25) is 0 Å². The number of aromatic nitrogens is 3. The Hall–Kier alpha value is -1.68. The number of nitrogens with zero attached hydrogens (tertiary/aromatic N) is 4. The van der Waals surface area contributed by atoms with Crippen LogP contribution in [0.25, 0.3) is 0 Å². The molecular formula is C17H28N4O2S. The van der Waals surface area contributed by atoms with Crippen LogP contribution in [0.3, 0.4) is 0 Å². The minimum Gasteiger partial charge on any atom is -0.273 e. The van der Waals surface area contributed by atoms with E-state index in [1.165, 1.54) is 13.7 Å². The summed E-state index contributed by atoms with van der Waals surface area (Å²) >= 11 is 5.21. The summed E-state index contributed by atoms with van der Waals surface area (Å²) < 4.78 is 3.89. The molecule has 2 atom stereocenters. The molecule has 1 aromatic rings. The molecule has 0 amide bonds. The van der Waals surface area contributed by atoms with E-state index in [4.69, 9.17) is 12.2 Å². The third-order valence-electron chi connectivity index (χ3n) is 4.81. The Bertz CT molecular complexity index is 784. The Morgan fingerprint density at radius 2 is 1.83 bits per heavy atom. The molecule has 0 saturated heterocycles. The molecule has 0 N–H and O–H groups in total. The normalized spacial score (nSPS) is 14.8. The molecule has 0 spiro atoms. The molecule has 0 saturated carbocycles. The van der Waals surface area contributed by atoms with E-state index in [2.05, 4.69) is 6.92 Å². The van der Waals surface area contributed by atoms with Gasteiger partial charge in [-0.25, -0.2) is 14.2 Å². The number of nitriles is 1. The summed E-state index contributed by atoms with van der Waals surface area (Å²) in [5.74, 6) is 0. The maximum atomic E-state index is 13.0. The molecule has 1 heterocycles. The average Bonchev–Trinajstić information content (AvgIpc) is 2.56. The van der Waals surface area contributed by atoms with E-state index in [0.29, 0.717) is 6.42 Å². The SMILES string of the molecule is CCCCCCC(C)(CC)n1c(=O)n(C)c(=S)n(C(C)C#N)c1=O. The van der Waals surface area contributed by atoms with Crippen molar-refractivity contribution in [1.29, 1.82) is 5.26 Å². The molecule has 24 heavy (non-hydrogen) atoms. The molecule has 0 bridgehead atoms. The summed E-state index contributed by atoms with van der Waals surface area (Å²) in [5.41, 5.74) is -1.48. The molecule has 0 aliphatic carbocycles. The minimum absolute atomic E-state index is 0.0831. The van der Waals surface area contributed by atoms with Crippen molar-refractivity contribution in [2.75, 3.05) is 0 Å². The van der Waals surface area contributed by atoms with Gasteiger partial charge in [0, 0.05) is 7.05 Å². The highest BCUT2D eigenvalue weighted by molar-refractivity contribution is 7.71. The van der Waals surface area contributed by atoms with Gasteiger partial charge in [0.25, 0.3) is 0 Å². The van der Waals surface area contributed by atoms with Crippen molar-refractivity contribution in [3.63, 3.8) is 0 Å². The van der Waals surface area contributed by atoms with E-state index >= 15 is 0 Å². The highest BCUT2D eigenvalue weighted by Gasteiger charge is 2.30. The van der Waals surface area contributed by atoms with Crippen LogP contribution in [-0.2, 0) is 12.6 Å². The van der Waals surface area contributed by atoms with Crippen molar-refractivity contribution in [2.45, 2.75) is 77.8 Å². The molecule has 7 heteroatoms. The molecule has 1 rings (SSSR count). The Morgan fingerprint density at radius 1 is 1.21 bits per heavy atom. The molecule has 0 radical (unpaired) electrons. The van der Waals surface area contributed by atoms with Gasteiger partial charge in [0.15, 0.2) is 4.77 Å². The van der Waals surface area contributed by atoms with Crippen molar-refractivity contribution >= 4 is 12.2 Å². The topological polar surface area (TPSA) is 72.7 Å². The lowest BCUT2D eigenvalue weighted by Gasteiger charge is -2.31. The van der Waals surface area contributed by atoms with E-state index in [-0.39, 0.29) is 4.77 Å². The van der Waals surface area contributed by atoms with Gasteiger partial charge in [-0.2, -0.15) is 5.26 Å². The first-order chi connectivity index (χ1) is 11.2. The molecule has 0 fully saturated rings. The predicted octanol–water partition coefficient (Wildman–Crippen LogP) is 3.26. The zero-order chi connectivity index (χ0) is 18.5. The fraction of sp³-hybridized carbons (Fsp3) is 0.765. The van der Waals surface area contributed by atoms with Crippen LogP contribution in [0.4, 0.5) is 0 Å². The van der Waals surface area contributed by atoms with Crippen molar-refractivity contribution in [3.05, 3.63) is 25.7 Å². The highest BCUT2D eigenvalue weighted by Crippen LogP contribution is 2.25. The summed E-state index contributed by atoms with van der Waals surface area (Å²) in [4.78, 5) is 25.7. The van der Waals surface area contributed by atoms with Crippen LogP contribution in [-0.4, -0.2) is 13.7 Å². The Morgan fingerprint density at radius 3 is 2.33 bits per heavy atom. The Balaban J connectivity index is 3.54. The lowest BCUT2D eigenvalue weighted by atomic mass is 9.91. The maximum absolute atomic E-state index is 13.0. The number of unbranched alkanes of at least 4 members (excludes halogenated alkanes) is 3. The summed E-state index contributed by atoms with van der Waals surface area (Å²) in [6.07, 6.45) is 5.71. The number of hydrogen-bond acceptors (Lipinski definition) is 4. The lowest BCUT2D eigenvalue weighted by molar-refractivity contribution is 0.234. The summed E-state index contributed by atoms with van der Waals surface area (Å²) in [6.45, 7) is 7.67. The summed E-state index contributed by atoms with van der Waals surface area (Å²) in [6, 6.07) is 1.32. The summed E-state index contributed by atoms with van der Waals surface area (Å²) in [7, 11) is 1.55. The van der Waals surface area contributed by atoms with E-state index < -0.39 is 23.0 Å². The first-order valence-electron chi connectivity index (χ1n) is 8.59. The first-order valence-corrected chi connectivity index (χ1v) is 9.00. The minimum atomic E-state index is -0.718. The molecule has 0 aromatic carbocycles. The third kappa shape index (κ3) is 3.86. The third-order valence-corrected chi connectivity index (χ3v) is 5.28. The van der Waals surface area contributed by atoms with Gasteiger partial charge in [0.1, 0.15) is 6.04 Å². The van der Waals surface area contributed by atoms with Crippen LogP contribution in [0, 0.1) is 16.1 Å². The van der Waals surface area contributed by atoms with Crippen molar-refractivity contribution in [1.82, 2.24) is 13.7 Å². The largest absolute Gasteiger partial charge is 0.336 e. The van der Waals surface area contributed by atoms with Gasteiger partial charge in [0.05, 0.1) is 11.6 Å². The standard InChI is InChI=1S/C17H28N4O2S/c1-6-8-9-10-11-17(4,7-2)21-14(22)19(5)16(24)20(15(21)23)13(3)12-18/h13H,6-11H2,1-5H3. The van der Waals surface area contributed by atoms with Crippen molar-refractivity contribution < 1.29 is 0 Å². The van der Waals surface area contributed by atoms with Crippen molar-refractivity contribution in [2.24, 2.45) is 7.05 Å². The highest BCUT2D eigenvalue weighted by atomic mass is 32.1. The molecule has 2 unspecified atom stereocenters. The second kappa shape index (κ2) is 8.43. The second-order valence-corrected chi connectivity index (χ2v) is 6.94. The van der Waals surface area contributed by atoms with Gasteiger partial charge in [-0.05, 0) is 38.9 Å². The van der Waals surface area contributed by atoms with E-state index in [1.54, 1.807) is 14.0 Å². The van der Waals surface area contributed by atoms with E-state index in [9.17, 15) is 14.9 Å². The number of hydrogen-bond donors (Lipinski definition) is 0. The number of rotatable bonds is 8. The molecular weight excluding hydrogens is 324 g/mol. The van der Waals surface area contributed by atoms with Crippen LogP contribution in [0.2, 0.25) is 0 Å². The zero-order valence-electron chi connectivity index (χ0n) is 15.3. The first kappa shape index (κ1) is 20.4. The Kier molecular flexibility index (Phi) is 7.15. The smallest absolute Gasteiger partial charge is 0.273 e. The quantitative estimate of drug-likeness (QED) is 0.532. The van der Waals surface area contributed by atoms with Crippen LogP contribution in [0.5, 0.6) is 0 Å². The fourth-order valence-corrected chi connectivity index (χ4v) is 3.21. The summed E-state index contributed by atoms with van der Waals surface area (Å²) in [5, 5.41) is 9.20. The van der Waals surface area contributed by atoms with Gasteiger partial charge in [-0.1, -0.05) is 39.5 Å². The van der Waals surface area contributed by atoms with Gasteiger partial charge in [-0.3, -0.25) is 9.13 Å². The maximum Gasteiger partial charge on any atom is 0.336 e. The van der Waals surface area contributed by atoms with Gasteiger partial charge < -0.3 is 0 Å². The molecule has 0 aliphatic heterocycles. The fourth-order valence-electron chi connectivity index (χ4n) is 2.89. The Labute approximate surface area is 148 Å². The van der Waals surface area contributed by atoms with E-state index in [0.717, 1.165) is 32.1 Å². The van der Waals surface area contributed by atoms with Crippen LogP contribution >= 0.6 is 12.2 Å². The average molecular weight is 353 g/mol. The molecule has 1 aromatic heterocycles.